The molecule has 1 aliphatic rings. The van der Waals surface area contributed by atoms with Gasteiger partial charge in [-0.3, -0.25) is 0 Å². The first-order chi connectivity index (χ1) is 7.63. The Morgan fingerprint density at radius 2 is 1.56 bits per heavy atom. The van der Waals surface area contributed by atoms with E-state index in [0.29, 0.717) is 0 Å². The molecule has 6 nitrogen and oxygen atoms in total. The second-order valence-corrected chi connectivity index (χ2v) is 5.05. The van der Waals surface area contributed by atoms with E-state index < -0.39 is 0 Å². The molecule has 0 aliphatic carbocycles. The third-order valence-electron chi connectivity index (χ3n) is 2.27. The van der Waals surface area contributed by atoms with Crippen LogP contribution in [0.3, 0.4) is 0 Å². The van der Waals surface area contributed by atoms with Crippen LogP contribution in [0, 0.1) is 0 Å². The van der Waals surface area contributed by atoms with Gasteiger partial charge in [-0.1, -0.05) is 0 Å². The Bertz CT molecular complexity index is 332. The predicted octanol–water partition coefficient (Wildman–Crippen LogP) is -3.09. The molecule has 3 unspecified atom stereocenters. The second-order valence-electron chi connectivity index (χ2n) is 3.65. The van der Waals surface area contributed by atoms with Crippen LogP contribution in [0.15, 0.2) is 24.3 Å². The third-order valence-corrected chi connectivity index (χ3v) is 3.08. The van der Waals surface area contributed by atoms with Gasteiger partial charge in [0, 0.05) is 0 Å². The van der Waals surface area contributed by atoms with E-state index in [1.165, 1.54) is 4.35 Å². The number of nitrogens with one attached hydrogen (secondary N) is 4. The first-order valence-electron chi connectivity index (χ1n) is 5.05. The fourth-order valence-corrected chi connectivity index (χ4v) is 1.93. The van der Waals surface area contributed by atoms with Crippen molar-refractivity contribution in [2.45, 2.75) is 18.9 Å². The number of rotatable bonds is 2. The van der Waals surface area contributed by atoms with Crippen LogP contribution in [0.5, 0.6) is 0 Å². The Morgan fingerprint density at radius 1 is 1.00 bits per heavy atom. The van der Waals surface area contributed by atoms with Gasteiger partial charge in [0.15, 0.2) is 0 Å². The van der Waals surface area contributed by atoms with Crippen molar-refractivity contribution >= 4 is 26.9 Å². The van der Waals surface area contributed by atoms with Crippen molar-refractivity contribution in [1.82, 2.24) is 16.0 Å². The number of nitrogens with two attached hydrogens (primary N) is 2. The average molecular weight is 284 g/mol. The summed E-state index contributed by atoms with van der Waals surface area (Å²) in [5.41, 5.74) is 12.4. The van der Waals surface area contributed by atoms with Crippen molar-refractivity contribution in [3.05, 3.63) is 24.3 Å². The van der Waals surface area contributed by atoms with Gasteiger partial charge in [-0.05, 0) is 0 Å². The maximum atomic E-state index is 5.71. The van der Waals surface area contributed by atoms with Crippen LogP contribution < -0.4 is 37.1 Å². The molecule has 1 heterocycles. The molecule has 88 valence electrons. The van der Waals surface area contributed by atoms with Crippen LogP contribution in [-0.4, -0.2) is 35.7 Å². The summed E-state index contributed by atoms with van der Waals surface area (Å²) in [6, 6.07) is 8.20. The minimum absolute atomic E-state index is 0.139. The van der Waals surface area contributed by atoms with Crippen molar-refractivity contribution in [2.75, 3.05) is 5.32 Å². The maximum absolute atomic E-state index is 5.71. The summed E-state index contributed by atoms with van der Waals surface area (Å²) in [7, 11) is 0. The standard InChI is InChI=1S/C9H17AsN6/c10-5-1-3-6(4-2-5)13-9-15-7(11)14-8(12)16-9/h1-4,7-9,13-16H,10-12H2. The Balaban J connectivity index is 1.96. The molecule has 0 radical (unpaired) electrons. The zero-order valence-corrected chi connectivity index (χ0v) is 11.2. The van der Waals surface area contributed by atoms with Gasteiger partial charge in [0.25, 0.3) is 0 Å². The van der Waals surface area contributed by atoms with Gasteiger partial charge in [0.1, 0.15) is 0 Å². The Hall–Kier alpha value is -0.622. The molecule has 0 amide bonds. The minimum atomic E-state index is -0.317. The Morgan fingerprint density at radius 3 is 2.12 bits per heavy atom. The van der Waals surface area contributed by atoms with E-state index in [0.717, 1.165) is 5.69 Å². The molecule has 8 N–H and O–H groups in total. The molecule has 1 aliphatic heterocycles. The third kappa shape index (κ3) is 3.18. The van der Waals surface area contributed by atoms with Crippen LogP contribution in [0.4, 0.5) is 5.69 Å². The van der Waals surface area contributed by atoms with Crippen molar-refractivity contribution in [3.8, 4) is 0 Å². The van der Waals surface area contributed by atoms with E-state index >= 15 is 0 Å². The molecule has 1 aromatic carbocycles. The first kappa shape index (κ1) is 11.9. The van der Waals surface area contributed by atoms with Crippen LogP contribution in [-0.2, 0) is 0 Å². The molecule has 2 rings (SSSR count). The van der Waals surface area contributed by atoms with Gasteiger partial charge in [0.05, 0.1) is 0 Å². The molecular formula is C9H17AsN6. The predicted molar refractivity (Wildman–Crippen MR) is 67.4 cm³/mol. The van der Waals surface area contributed by atoms with Crippen LogP contribution in [0.1, 0.15) is 0 Å². The first-order valence-corrected chi connectivity index (χ1v) is 6.26. The normalized spacial score (nSPS) is 30.1. The summed E-state index contributed by atoms with van der Waals surface area (Å²) < 4.78 is 1.29. The monoisotopic (exact) mass is 284 g/mol. The van der Waals surface area contributed by atoms with E-state index in [2.05, 4.69) is 33.4 Å². The summed E-state index contributed by atoms with van der Waals surface area (Å²) in [5, 5.41) is 12.3. The van der Waals surface area contributed by atoms with Crippen LogP contribution in [0.25, 0.3) is 0 Å². The molecule has 1 aromatic rings. The molecular weight excluding hydrogens is 267 g/mol. The number of hydrogen-bond donors (Lipinski definition) is 6. The summed E-state index contributed by atoms with van der Waals surface area (Å²) >= 11 is 1.61. The zero-order chi connectivity index (χ0) is 11.5. The fourth-order valence-electron chi connectivity index (χ4n) is 1.53. The topological polar surface area (TPSA) is 100 Å². The summed E-state index contributed by atoms with van der Waals surface area (Å²) in [6.45, 7) is 0. The molecule has 0 aromatic heterocycles. The Labute approximate surface area is 103 Å². The van der Waals surface area contributed by atoms with Gasteiger partial charge in [-0.2, -0.15) is 0 Å². The van der Waals surface area contributed by atoms with Crippen molar-refractivity contribution in [2.24, 2.45) is 11.5 Å². The van der Waals surface area contributed by atoms with Gasteiger partial charge in [0.2, 0.25) is 0 Å². The molecule has 0 saturated carbocycles. The average Bonchev–Trinajstić information content (AvgIpc) is 2.20. The van der Waals surface area contributed by atoms with E-state index in [-0.39, 0.29) is 18.9 Å². The fraction of sp³-hybridized carbons (Fsp3) is 0.333. The molecule has 0 spiro atoms. The van der Waals surface area contributed by atoms with E-state index in [1.54, 1.807) is 16.9 Å². The van der Waals surface area contributed by atoms with Gasteiger partial charge < -0.3 is 0 Å². The number of anilines is 1. The second kappa shape index (κ2) is 5.14. The molecule has 1 fully saturated rings. The molecule has 3 atom stereocenters. The summed E-state index contributed by atoms with van der Waals surface area (Å²) in [6.07, 6.45) is -0.774. The van der Waals surface area contributed by atoms with Crippen molar-refractivity contribution < 1.29 is 0 Å². The van der Waals surface area contributed by atoms with Crippen LogP contribution >= 0.6 is 0 Å². The zero-order valence-electron chi connectivity index (χ0n) is 8.77. The van der Waals surface area contributed by atoms with E-state index in [4.69, 9.17) is 11.5 Å². The number of benzene rings is 1. The van der Waals surface area contributed by atoms with E-state index in [1.807, 2.05) is 12.1 Å². The quantitative estimate of drug-likeness (QED) is 0.322. The number of hydrogen-bond acceptors (Lipinski definition) is 6. The van der Waals surface area contributed by atoms with Crippen molar-refractivity contribution in [3.63, 3.8) is 0 Å². The van der Waals surface area contributed by atoms with Crippen molar-refractivity contribution in [1.29, 1.82) is 0 Å². The van der Waals surface area contributed by atoms with Gasteiger partial charge in [-0.15, -0.1) is 0 Å². The Kier molecular flexibility index (Phi) is 3.81. The van der Waals surface area contributed by atoms with Gasteiger partial charge in [-0.25, -0.2) is 0 Å². The van der Waals surface area contributed by atoms with E-state index in [9.17, 15) is 0 Å². The SMILES string of the molecule is NC1NC(N)NC(Nc2ccc([AsH2])cc2)N1. The molecule has 7 heteroatoms. The summed E-state index contributed by atoms with van der Waals surface area (Å²) in [5.74, 6) is 0. The van der Waals surface area contributed by atoms with Gasteiger partial charge >= 0.3 is 103 Å². The molecule has 16 heavy (non-hydrogen) atoms. The van der Waals surface area contributed by atoms with Crippen LogP contribution in [0.2, 0.25) is 0 Å². The summed E-state index contributed by atoms with van der Waals surface area (Å²) in [4.78, 5) is 0. The molecule has 0 bridgehead atoms. The molecule has 1 saturated heterocycles.